The number of nitrogens with one attached hydrogen (secondary N) is 1. The monoisotopic (exact) mass is 690 g/mol. The number of anilines is 2. The number of likely N-dealkylation sites (tertiary alicyclic amines) is 3. The van der Waals surface area contributed by atoms with Crippen LogP contribution in [0.3, 0.4) is 0 Å². The first-order valence-corrected chi connectivity index (χ1v) is 17.1. The van der Waals surface area contributed by atoms with Crippen molar-refractivity contribution < 1.29 is 32.3 Å². The maximum atomic E-state index is 13.9. The van der Waals surface area contributed by atoms with Crippen LogP contribution >= 0.6 is 11.6 Å². The highest BCUT2D eigenvalue weighted by Crippen LogP contribution is 2.38. The van der Waals surface area contributed by atoms with Crippen molar-refractivity contribution in [1.82, 2.24) is 19.6 Å². The van der Waals surface area contributed by atoms with Crippen molar-refractivity contribution in [3.63, 3.8) is 0 Å². The third kappa shape index (κ3) is 7.62. The molecular formula is C34H42ClF3N6O4. The zero-order chi connectivity index (χ0) is 34.0. The van der Waals surface area contributed by atoms with Gasteiger partial charge in [0.05, 0.1) is 16.3 Å². The predicted molar refractivity (Wildman–Crippen MR) is 175 cm³/mol. The number of nitrogen functional groups attached to an aromatic ring is 1. The molecule has 0 aliphatic carbocycles. The van der Waals surface area contributed by atoms with E-state index in [0.29, 0.717) is 51.6 Å². The van der Waals surface area contributed by atoms with E-state index >= 15 is 0 Å². The molecule has 3 saturated heterocycles. The second-order valence-electron chi connectivity index (χ2n) is 13.2. The lowest BCUT2D eigenvalue weighted by molar-refractivity contribution is -0.142. The minimum Gasteiger partial charge on any atom is -0.436 e. The third-order valence-corrected chi connectivity index (χ3v) is 10.5. The standard InChI is InChI=1S/C34H42ClF3N6O4/c35-27-19-22(18-26(30(27)39)34(36,37)38)20-29(31(45)42-14-8-24(9-15-42)41-12-4-1-5-13-41)48-33(47)43-16-10-25(11-17-43)44-21-23-6-2-3-7-28(23)40-32(44)46/h2-3,6-7,18-19,24-25,29H,1,4-5,8-17,20-21,39H2,(H,40,46). The first-order valence-electron chi connectivity index (χ1n) is 16.8. The van der Waals surface area contributed by atoms with E-state index in [1.807, 2.05) is 24.3 Å². The number of carbonyl (C=O) groups is 3. The van der Waals surface area contributed by atoms with Crippen molar-refractivity contribution in [3.8, 4) is 0 Å². The van der Waals surface area contributed by atoms with E-state index in [-0.39, 0.29) is 29.1 Å². The second kappa shape index (κ2) is 14.4. The molecular weight excluding hydrogens is 649 g/mol. The number of fused-ring (bicyclic) bond motifs is 1. The van der Waals surface area contributed by atoms with Gasteiger partial charge < -0.3 is 35.4 Å². The molecule has 260 valence electrons. The van der Waals surface area contributed by atoms with Crippen molar-refractivity contribution in [2.75, 3.05) is 50.3 Å². The lowest BCUT2D eigenvalue weighted by Crippen LogP contribution is -2.53. The summed E-state index contributed by atoms with van der Waals surface area (Å²) < 4.78 is 47.1. The summed E-state index contributed by atoms with van der Waals surface area (Å²) in [6.45, 7) is 4.08. The number of para-hydroxylation sites is 1. The maximum Gasteiger partial charge on any atom is 0.418 e. The summed E-state index contributed by atoms with van der Waals surface area (Å²) in [5.74, 6) is -0.444. The largest absolute Gasteiger partial charge is 0.436 e. The Labute approximate surface area is 283 Å². The van der Waals surface area contributed by atoms with Crippen molar-refractivity contribution in [2.24, 2.45) is 0 Å². The number of hydrogen-bond donors (Lipinski definition) is 2. The number of piperidine rings is 3. The Balaban J connectivity index is 1.13. The summed E-state index contributed by atoms with van der Waals surface area (Å²) in [4.78, 5) is 47.7. The van der Waals surface area contributed by atoms with Crippen molar-refractivity contribution in [1.29, 1.82) is 0 Å². The molecule has 14 heteroatoms. The van der Waals surface area contributed by atoms with Gasteiger partial charge in [-0.3, -0.25) is 4.79 Å². The van der Waals surface area contributed by atoms with Gasteiger partial charge in [0, 0.05) is 56.9 Å². The number of benzene rings is 2. The fourth-order valence-electron chi connectivity index (χ4n) is 7.43. The molecule has 0 saturated carbocycles. The number of urea groups is 1. The number of nitrogens with zero attached hydrogens (tertiary/aromatic N) is 4. The number of halogens is 4. The molecule has 10 nitrogen and oxygen atoms in total. The summed E-state index contributed by atoms with van der Waals surface area (Å²) in [6.07, 6.45) is -0.988. The SMILES string of the molecule is Nc1c(Cl)cc(CC(OC(=O)N2CCC(N3Cc4ccccc4NC3=O)CC2)C(=O)N2CCC(N3CCCCC3)CC2)cc1C(F)(F)F. The maximum absolute atomic E-state index is 13.9. The number of rotatable bonds is 6. The second-order valence-corrected chi connectivity index (χ2v) is 13.6. The summed E-state index contributed by atoms with van der Waals surface area (Å²) in [5.41, 5.74) is 5.83. The number of alkyl halides is 3. The van der Waals surface area contributed by atoms with Gasteiger partial charge in [0.1, 0.15) is 0 Å². The lowest BCUT2D eigenvalue weighted by Gasteiger charge is -2.41. The van der Waals surface area contributed by atoms with Crippen LogP contribution in [0, 0.1) is 0 Å². The average Bonchev–Trinajstić information content (AvgIpc) is 3.09. The highest BCUT2D eigenvalue weighted by Gasteiger charge is 2.38. The van der Waals surface area contributed by atoms with Gasteiger partial charge in [-0.25, -0.2) is 9.59 Å². The van der Waals surface area contributed by atoms with Gasteiger partial charge in [-0.1, -0.05) is 36.2 Å². The number of ether oxygens (including phenoxy) is 1. The first kappa shape index (κ1) is 34.2. The van der Waals surface area contributed by atoms with Crippen LogP contribution in [0.2, 0.25) is 5.02 Å². The molecule has 0 spiro atoms. The van der Waals surface area contributed by atoms with Crippen LogP contribution in [0.4, 0.5) is 34.1 Å². The van der Waals surface area contributed by atoms with E-state index in [4.69, 9.17) is 22.1 Å². The summed E-state index contributed by atoms with van der Waals surface area (Å²) >= 11 is 6.10. The number of carbonyl (C=O) groups excluding carboxylic acids is 3. The van der Waals surface area contributed by atoms with Crippen LogP contribution in [-0.4, -0.2) is 95.1 Å². The number of amides is 4. The Morgan fingerprint density at radius 2 is 1.58 bits per heavy atom. The van der Waals surface area contributed by atoms with E-state index < -0.39 is 35.5 Å². The molecule has 4 aliphatic rings. The molecule has 0 bridgehead atoms. The quantitative estimate of drug-likeness (QED) is 0.361. The molecule has 0 radical (unpaired) electrons. The topological polar surface area (TPSA) is 111 Å². The predicted octanol–water partition coefficient (Wildman–Crippen LogP) is 5.98. The fourth-order valence-corrected chi connectivity index (χ4v) is 7.67. The molecule has 48 heavy (non-hydrogen) atoms. The average molecular weight is 691 g/mol. The van der Waals surface area contributed by atoms with Gasteiger partial charge in [0.2, 0.25) is 0 Å². The van der Waals surface area contributed by atoms with Crippen LogP contribution < -0.4 is 11.1 Å². The Morgan fingerprint density at radius 3 is 2.27 bits per heavy atom. The highest BCUT2D eigenvalue weighted by molar-refractivity contribution is 6.33. The Hall–Kier alpha value is -3.71. The Kier molecular flexibility index (Phi) is 10.3. The minimum atomic E-state index is -4.76. The Morgan fingerprint density at radius 1 is 0.938 bits per heavy atom. The molecule has 4 heterocycles. The van der Waals surface area contributed by atoms with Crippen LogP contribution in [0.15, 0.2) is 36.4 Å². The van der Waals surface area contributed by atoms with Gasteiger partial charge in [0.15, 0.2) is 6.10 Å². The van der Waals surface area contributed by atoms with E-state index in [2.05, 4.69) is 10.2 Å². The van der Waals surface area contributed by atoms with E-state index in [1.165, 1.54) is 17.4 Å². The van der Waals surface area contributed by atoms with Crippen LogP contribution in [0.25, 0.3) is 0 Å². The molecule has 4 amide bonds. The first-order chi connectivity index (χ1) is 23.0. The molecule has 2 aromatic rings. The summed E-state index contributed by atoms with van der Waals surface area (Å²) in [7, 11) is 0. The molecule has 3 N–H and O–H groups in total. The van der Waals surface area contributed by atoms with Gasteiger partial charge in [-0.05, 0) is 80.9 Å². The van der Waals surface area contributed by atoms with Crippen LogP contribution in [0.5, 0.6) is 0 Å². The number of hydrogen-bond acceptors (Lipinski definition) is 6. The molecule has 2 aromatic carbocycles. The summed E-state index contributed by atoms with van der Waals surface area (Å²) in [5, 5.41) is 2.64. The third-order valence-electron chi connectivity index (χ3n) is 10.1. The van der Waals surface area contributed by atoms with Gasteiger partial charge in [0.25, 0.3) is 5.91 Å². The molecule has 1 unspecified atom stereocenters. The van der Waals surface area contributed by atoms with Crippen LogP contribution in [0.1, 0.15) is 61.6 Å². The van der Waals surface area contributed by atoms with Gasteiger partial charge >= 0.3 is 18.3 Å². The lowest BCUT2D eigenvalue weighted by atomic mass is 9.98. The van der Waals surface area contributed by atoms with Crippen molar-refractivity contribution >= 4 is 41.0 Å². The van der Waals surface area contributed by atoms with Crippen LogP contribution in [-0.2, 0) is 28.7 Å². The van der Waals surface area contributed by atoms with E-state index in [1.54, 1.807) is 9.80 Å². The highest BCUT2D eigenvalue weighted by atomic mass is 35.5. The molecule has 1 atom stereocenters. The van der Waals surface area contributed by atoms with E-state index in [0.717, 1.165) is 56.1 Å². The van der Waals surface area contributed by atoms with E-state index in [9.17, 15) is 27.6 Å². The minimum absolute atomic E-state index is 0.0889. The molecule has 0 aromatic heterocycles. The fraction of sp³-hybridized carbons (Fsp3) is 0.559. The normalized spacial score (nSPS) is 20.7. The van der Waals surface area contributed by atoms with Gasteiger partial charge in [-0.15, -0.1) is 0 Å². The molecule has 3 fully saturated rings. The molecule has 4 aliphatic heterocycles. The van der Waals surface area contributed by atoms with Crippen molar-refractivity contribution in [2.45, 2.75) is 82.3 Å². The van der Waals surface area contributed by atoms with Crippen molar-refractivity contribution in [3.05, 3.63) is 58.1 Å². The smallest absolute Gasteiger partial charge is 0.418 e. The molecule has 6 rings (SSSR count). The number of nitrogens with two attached hydrogens (primary N) is 1. The zero-order valence-corrected chi connectivity index (χ0v) is 27.6. The Bertz CT molecular complexity index is 1500. The zero-order valence-electron chi connectivity index (χ0n) is 26.8. The van der Waals surface area contributed by atoms with Gasteiger partial charge in [-0.2, -0.15) is 13.2 Å². The summed E-state index contributed by atoms with van der Waals surface area (Å²) in [6, 6.07) is 9.85.